The smallest absolute Gasteiger partial charge is 0.273 e. The van der Waals surface area contributed by atoms with E-state index in [0.29, 0.717) is 36.2 Å². The Labute approximate surface area is 224 Å². The molecule has 1 saturated heterocycles. The largest absolute Gasteiger partial charge is 0.497 e. The van der Waals surface area contributed by atoms with Gasteiger partial charge in [-0.3, -0.25) is 14.2 Å². The van der Waals surface area contributed by atoms with E-state index in [9.17, 15) is 9.59 Å². The number of aromatic nitrogens is 4. The number of benzene rings is 2. The normalized spacial score (nSPS) is 15.5. The highest BCUT2D eigenvalue weighted by Gasteiger charge is 2.24. The van der Waals surface area contributed by atoms with Crippen molar-refractivity contribution in [2.75, 3.05) is 13.7 Å². The van der Waals surface area contributed by atoms with Crippen molar-refractivity contribution in [1.29, 1.82) is 0 Å². The van der Waals surface area contributed by atoms with Gasteiger partial charge in [0, 0.05) is 18.7 Å². The van der Waals surface area contributed by atoms with Crippen LogP contribution in [-0.4, -0.2) is 51.3 Å². The molecule has 2 aromatic carbocycles. The van der Waals surface area contributed by atoms with Gasteiger partial charge in [0.15, 0.2) is 10.9 Å². The number of carbonyl (C=O) groups is 2. The number of rotatable bonds is 9. The predicted octanol–water partition coefficient (Wildman–Crippen LogP) is 3.55. The molecule has 38 heavy (non-hydrogen) atoms. The lowest BCUT2D eigenvalue weighted by Gasteiger charge is -2.13. The Hall–Kier alpha value is -4.12. The average molecular weight is 533 g/mol. The summed E-state index contributed by atoms with van der Waals surface area (Å²) in [7, 11) is 1.63. The number of thioether (sulfide) groups is 1. The zero-order chi connectivity index (χ0) is 26.3. The van der Waals surface area contributed by atoms with Crippen LogP contribution >= 0.6 is 11.8 Å². The van der Waals surface area contributed by atoms with Crippen LogP contribution < -0.4 is 15.4 Å². The molecule has 1 unspecified atom stereocenters. The summed E-state index contributed by atoms with van der Waals surface area (Å²) < 4.78 is 12.9. The number of hydrogen-bond acceptors (Lipinski definition) is 8. The Bertz CT molecular complexity index is 1390. The van der Waals surface area contributed by atoms with Crippen molar-refractivity contribution in [3.05, 3.63) is 83.8 Å². The van der Waals surface area contributed by atoms with Crippen LogP contribution in [0, 0.1) is 0 Å². The minimum absolute atomic E-state index is 0.138. The Morgan fingerprint density at radius 3 is 2.76 bits per heavy atom. The number of hydrogen-bond donors (Lipinski definition) is 2. The first kappa shape index (κ1) is 25.5. The molecule has 1 aliphatic rings. The third-order valence-electron chi connectivity index (χ3n) is 6.19. The first-order chi connectivity index (χ1) is 18.6. The van der Waals surface area contributed by atoms with Gasteiger partial charge in [0.05, 0.1) is 12.9 Å². The van der Waals surface area contributed by atoms with Crippen molar-refractivity contribution in [2.45, 2.75) is 42.6 Å². The zero-order valence-electron chi connectivity index (χ0n) is 20.9. The second-order valence-electron chi connectivity index (χ2n) is 8.82. The summed E-state index contributed by atoms with van der Waals surface area (Å²) in [5, 5.41) is 15.1. The summed E-state index contributed by atoms with van der Waals surface area (Å²) in [5.74, 6) is 1.67. The van der Waals surface area contributed by atoms with E-state index in [1.165, 1.54) is 18.0 Å². The second-order valence-corrected chi connectivity index (χ2v) is 9.77. The zero-order valence-corrected chi connectivity index (χ0v) is 21.7. The topological polar surface area (TPSA) is 124 Å². The molecule has 11 heteroatoms. The molecule has 3 heterocycles. The molecule has 5 rings (SSSR count). The molecule has 1 aliphatic heterocycles. The fraction of sp³-hybridized carbons (Fsp3) is 0.296. The number of methoxy groups -OCH3 is 1. The molecule has 0 saturated carbocycles. The molecular weight excluding hydrogens is 504 g/mol. The van der Waals surface area contributed by atoms with E-state index >= 15 is 0 Å². The highest BCUT2D eigenvalue weighted by Crippen LogP contribution is 2.27. The van der Waals surface area contributed by atoms with Gasteiger partial charge < -0.3 is 19.8 Å². The number of ether oxygens (including phenoxy) is 1. The Morgan fingerprint density at radius 1 is 1.16 bits per heavy atom. The Balaban J connectivity index is 1.31. The molecule has 1 atom stereocenters. The maximum atomic E-state index is 12.7. The van der Waals surface area contributed by atoms with Crippen molar-refractivity contribution < 1.29 is 18.7 Å². The van der Waals surface area contributed by atoms with Gasteiger partial charge in [0.1, 0.15) is 23.9 Å². The second kappa shape index (κ2) is 12.0. The van der Waals surface area contributed by atoms with Crippen LogP contribution in [0.4, 0.5) is 0 Å². The van der Waals surface area contributed by atoms with Crippen molar-refractivity contribution in [1.82, 2.24) is 30.4 Å². The van der Waals surface area contributed by atoms with Gasteiger partial charge in [-0.15, -0.1) is 10.2 Å². The molecule has 0 spiro atoms. The minimum atomic E-state index is -0.564. The fourth-order valence-corrected chi connectivity index (χ4v) is 5.02. The summed E-state index contributed by atoms with van der Waals surface area (Å²) in [6.07, 6.45) is 4.29. The van der Waals surface area contributed by atoms with Crippen LogP contribution in [0.15, 0.2) is 70.4 Å². The summed E-state index contributed by atoms with van der Waals surface area (Å²) in [4.78, 5) is 29.2. The van der Waals surface area contributed by atoms with Crippen LogP contribution in [0.5, 0.6) is 5.75 Å². The van der Waals surface area contributed by atoms with Gasteiger partial charge >= 0.3 is 0 Å². The van der Waals surface area contributed by atoms with Gasteiger partial charge in [0.25, 0.3) is 5.91 Å². The number of nitrogens with zero attached hydrogens (tertiary/aromatic N) is 4. The lowest BCUT2D eigenvalue weighted by Crippen LogP contribution is -2.45. The van der Waals surface area contributed by atoms with Gasteiger partial charge in [-0.25, -0.2) is 4.98 Å². The van der Waals surface area contributed by atoms with Crippen molar-refractivity contribution in [3.8, 4) is 11.4 Å². The highest BCUT2D eigenvalue weighted by atomic mass is 32.2. The molecule has 2 N–H and O–H groups in total. The maximum Gasteiger partial charge on any atom is 0.273 e. The molecule has 4 aromatic rings. The first-order valence-electron chi connectivity index (χ1n) is 12.4. The molecule has 0 radical (unpaired) electrons. The molecular formula is C27H28N6O4S. The van der Waals surface area contributed by atoms with Gasteiger partial charge in [-0.1, -0.05) is 42.1 Å². The number of amides is 2. The lowest BCUT2D eigenvalue weighted by molar-refractivity contribution is -0.122. The Morgan fingerprint density at radius 2 is 1.97 bits per heavy atom. The summed E-state index contributed by atoms with van der Waals surface area (Å²) in [6, 6.07) is 17.2. The van der Waals surface area contributed by atoms with E-state index in [4.69, 9.17) is 9.15 Å². The van der Waals surface area contributed by atoms with E-state index in [-0.39, 0.29) is 11.6 Å². The van der Waals surface area contributed by atoms with E-state index in [1.807, 2.05) is 47.0 Å². The first-order valence-corrected chi connectivity index (χ1v) is 13.4. The predicted molar refractivity (Wildman–Crippen MR) is 141 cm³/mol. The SMILES string of the molecule is COc1ccc(-n2c(Cc3ccccc3)nnc2SCc2nc(C(=O)NC3CCCCNC3=O)co2)cc1. The molecule has 0 bridgehead atoms. The van der Waals surface area contributed by atoms with E-state index in [1.54, 1.807) is 7.11 Å². The molecule has 10 nitrogen and oxygen atoms in total. The molecule has 1 fully saturated rings. The maximum absolute atomic E-state index is 12.7. The fourth-order valence-electron chi connectivity index (χ4n) is 4.19. The van der Waals surface area contributed by atoms with E-state index < -0.39 is 11.9 Å². The number of carbonyl (C=O) groups excluding carboxylic acids is 2. The summed E-state index contributed by atoms with van der Waals surface area (Å²) in [5.41, 5.74) is 2.16. The molecule has 2 amide bonds. The molecule has 0 aliphatic carbocycles. The van der Waals surface area contributed by atoms with Gasteiger partial charge in [0.2, 0.25) is 11.8 Å². The summed E-state index contributed by atoms with van der Waals surface area (Å²) in [6.45, 7) is 0.630. The molecule has 196 valence electrons. The minimum Gasteiger partial charge on any atom is -0.497 e. The van der Waals surface area contributed by atoms with E-state index in [2.05, 4.69) is 37.9 Å². The Kier molecular flexibility index (Phi) is 8.03. The van der Waals surface area contributed by atoms with Crippen LogP contribution in [0.25, 0.3) is 5.69 Å². The quantitative estimate of drug-likeness (QED) is 0.314. The summed E-state index contributed by atoms with van der Waals surface area (Å²) >= 11 is 1.41. The van der Waals surface area contributed by atoms with Crippen molar-refractivity contribution in [3.63, 3.8) is 0 Å². The average Bonchev–Trinajstić information content (AvgIpc) is 3.53. The van der Waals surface area contributed by atoms with Crippen molar-refractivity contribution >= 4 is 23.6 Å². The highest BCUT2D eigenvalue weighted by molar-refractivity contribution is 7.98. The third kappa shape index (κ3) is 6.05. The number of nitrogens with one attached hydrogen (secondary N) is 2. The third-order valence-corrected chi connectivity index (χ3v) is 7.10. The number of oxazole rings is 1. The molecule has 2 aromatic heterocycles. The van der Waals surface area contributed by atoms with Crippen molar-refractivity contribution in [2.24, 2.45) is 0 Å². The lowest BCUT2D eigenvalue weighted by atomic mass is 10.1. The monoisotopic (exact) mass is 532 g/mol. The standard InChI is InChI=1S/C27H28N6O4S/c1-36-20-12-10-19(11-13-20)33-23(15-18-7-3-2-4-8-18)31-32-27(33)38-17-24-29-22(16-37-24)26(35)30-21-9-5-6-14-28-25(21)34/h2-4,7-8,10-13,16,21H,5-6,9,14-15,17H2,1H3,(H,28,34)(H,30,35). The van der Waals surface area contributed by atoms with Crippen LogP contribution in [0.1, 0.15) is 47.0 Å². The van der Waals surface area contributed by atoms with Crippen LogP contribution in [0.3, 0.4) is 0 Å². The van der Waals surface area contributed by atoms with Crippen LogP contribution in [-0.2, 0) is 17.0 Å². The van der Waals surface area contributed by atoms with Gasteiger partial charge in [-0.05, 0) is 49.1 Å². The van der Waals surface area contributed by atoms with Gasteiger partial charge in [-0.2, -0.15) is 0 Å². The van der Waals surface area contributed by atoms with E-state index in [0.717, 1.165) is 35.7 Å². The van der Waals surface area contributed by atoms with Crippen LogP contribution in [0.2, 0.25) is 0 Å².